The Kier molecular flexibility index (Phi) is 4.54. The molecule has 1 aliphatic heterocycles. The van der Waals surface area contributed by atoms with E-state index in [0.29, 0.717) is 25.3 Å². The summed E-state index contributed by atoms with van der Waals surface area (Å²) in [5.74, 6) is -0.897. The molecule has 4 amide bonds. The summed E-state index contributed by atoms with van der Waals surface area (Å²) in [5, 5.41) is 0. The lowest BCUT2D eigenvalue weighted by atomic mass is 10.2. The van der Waals surface area contributed by atoms with Gasteiger partial charge in [0.15, 0.2) is 0 Å². The van der Waals surface area contributed by atoms with Crippen LogP contribution in [-0.2, 0) is 16.1 Å². The van der Waals surface area contributed by atoms with Crippen molar-refractivity contribution in [2.24, 2.45) is 5.73 Å². The first-order valence-electron chi connectivity index (χ1n) is 6.60. The molecule has 0 saturated carbocycles. The maximum absolute atomic E-state index is 11.6. The normalized spacial score (nSPS) is 15.0. The van der Waals surface area contributed by atoms with Crippen molar-refractivity contribution in [3.05, 3.63) is 29.8 Å². The Bertz CT molecular complexity index is 573. The summed E-state index contributed by atoms with van der Waals surface area (Å²) in [6.07, 6.45) is 0.442. The fourth-order valence-corrected chi connectivity index (χ4v) is 2.03. The van der Waals surface area contributed by atoms with Gasteiger partial charge in [-0.2, -0.15) is 0 Å². The molecule has 1 fully saturated rings. The predicted molar refractivity (Wildman–Crippen MR) is 74.3 cm³/mol. The Labute approximate surface area is 122 Å². The Morgan fingerprint density at radius 2 is 1.86 bits per heavy atom. The number of ether oxygens (including phenoxy) is 1. The molecule has 1 heterocycles. The zero-order chi connectivity index (χ0) is 15.4. The molecule has 0 aliphatic carbocycles. The molecule has 1 aliphatic rings. The van der Waals surface area contributed by atoms with Crippen LogP contribution in [0.25, 0.3) is 0 Å². The Morgan fingerprint density at radius 3 is 2.48 bits per heavy atom. The minimum absolute atomic E-state index is 0.151. The van der Waals surface area contributed by atoms with Gasteiger partial charge < -0.3 is 10.5 Å². The van der Waals surface area contributed by atoms with E-state index in [1.54, 1.807) is 0 Å². The second-order valence-corrected chi connectivity index (χ2v) is 4.62. The second-order valence-electron chi connectivity index (χ2n) is 4.62. The number of carbonyl (C=O) groups excluding carboxylic acids is 3. The first-order valence-corrected chi connectivity index (χ1v) is 6.60. The lowest BCUT2D eigenvalue weighted by Crippen LogP contribution is -2.33. The van der Waals surface area contributed by atoms with Gasteiger partial charge in [-0.25, -0.2) is 4.79 Å². The number of nitrogens with two attached hydrogens (primary N) is 1. The molecule has 2 N–H and O–H groups in total. The highest BCUT2D eigenvalue weighted by Crippen LogP contribution is 2.17. The number of rotatable bonds is 6. The van der Waals surface area contributed by atoms with Crippen LogP contribution in [0.5, 0.6) is 5.75 Å². The average molecular weight is 291 g/mol. The van der Waals surface area contributed by atoms with Crippen LogP contribution in [0.2, 0.25) is 0 Å². The fraction of sp³-hybridized carbons (Fsp3) is 0.357. The number of amides is 4. The summed E-state index contributed by atoms with van der Waals surface area (Å²) in [6.45, 7) is 0.850. The van der Waals surface area contributed by atoms with Crippen molar-refractivity contribution in [3.63, 3.8) is 0 Å². The zero-order valence-corrected chi connectivity index (χ0v) is 11.7. The molecule has 2 rings (SSSR count). The highest BCUT2D eigenvalue weighted by Gasteiger charge is 2.41. The first-order chi connectivity index (χ1) is 10.1. The molecule has 0 unspecified atom stereocenters. The van der Waals surface area contributed by atoms with Gasteiger partial charge in [0, 0.05) is 25.7 Å². The molecule has 1 aromatic rings. The third kappa shape index (κ3) is 3.03. The van der Waals surface area contributed by atoms with Crippen LogP contribution < -0.4 is 10.5 Å². The summed E-state index contributed by atoms with van der Waals surface area (Å²) in [7, 11) is 1.29. The van der Waals surface area contributed by atoms with Gasteiger partial charge in [-0.1, -0.05) is 18.2 Å². The van der Waals surface area contributed by atoms with Crippen LogP contribution in [0.15, 0.2) is 24.3 Å². The van der Waals surface area contributed by atoms with Crippen molar-refractivity contribution in [2.75, 3.05) is 20.2 Å². The van der Waals surface area contributed by atoms with E-state index >= 15 is 0 Å². The Balaban J connectivity index is 1.84. The van der Waals surface area contributed by atoms with Gasteiger partial charge in [0.05, 0.1) is 6.61 Å². The molecule has 7 heteroatoms. The predicted octanol–water partition coefficient (Wildman–Crippen LogP) is 0.335. The lowest BCUT2D eigenvalue weighted by Gasteiger charge is -2.14. The van der Waals surface area contributed by atoms with Crippen molar-refractivity contribution in [2.45, 2.75) is 13.0 Å². The highest BCUT2D eigenvalue weighted by molar-refractivity contribution is 6.44. The smallest absolute Gasteiger partial charge is 0.333 e. The summed E-state index contributed by atoms with van der Waals surface area (Å²) in [5.41, 5.74) is 6.49. The highest BCUT2D eigenvalue weighted by atomic mass is 16.5. The van der Waals surface area contributed by atoms with Crippen LogP contribution in [0.3, 0.4) is 0 Å². The standard InChI is InChI=1S/C14H17N3O4/c1-16-12(18)13(19)17(14(16)20)7-4-8-21-11-6-3-2-5-10(11)9-15/h2-3,5-6H,4,7-9,15H2,1H3. The Morgan fingerprint density at radius 1 is 1.14 bits per heavy atom. The van der Waals surface area contributed by atoms with Gasteiger partial charge in [0.25, 0.3) is 0 Å². The van der Waals surface area contributed by atoms with Crippen molar-refractivity contribution < 1.29 is 19.1 Å². The largest absolute Gasteiger partial charge is 0.493 e. The summed E-state index contributed by atoms with van der Waals surface area (Å²) in [4.78, 5) is 36.3. The van der Waals surface area contributed by atoms with Crippen molar-refractivity contribution in [3.8, 4) is 5.75 Å². The molecule has 112 valence electrons. The third-order valence-electron chi connectivity index (χ3n) is 3.23. The van der Waals surface area contributed by atoms with Crippen molar-refractivity contribution in [1.82, 2.24) is 9.80 Å². The van der Waals surface area contributed by atoms with Gasteiger partial charge >= 0.3 is 17.8 Å². The van der Waals surface area contributed by atoms with Crippen LogP contribution in [0.1, 0.15) is 12.0 Å². The molecule has 0 atom stereocenters. The molecule has 1 aromatic carbocycles. The summed E-state index contributed by atoms with van der Waals surface area (Å²) >= 11 is 0. The second kappa shape index (κ2) is 6.36. The number of benzene rings is 1. The van der Waals surface area contributed by atoms with E-state index < -0.39 is 17.8 Å². The average Bonchev–Trinajstić information content (AvgIpc) is 2.69. The first kappa shape index (κ1) is 15.0. The molecule has 0 aromatic heterocycles. The number of nitrogens with zero attached hydrogens (tertiary/aromatic N) is 2. The SMILES string of the molecule is CN1C(=O)C(=O)N(CCCOc2ccccc2CN)C1=O. The molecule has 0 spiro atoms. The van der Waals surface area contributed by atoms with Crippen molar-refractivity contribution >= 4 is 17.8 Å². The van der Waals surface area contributed by atoms with E-state index in [1.165, 1.54) is 7.05 Å². The molecule has 7 nitrogen and oxygen atoms in total. The third-order valence-corrected chi connectivity index (χ3v) is 3.23. The Hall–Kier alpha value is -2.41. The summed E-state index contributed by atoms with van der Waals surface area (Å²) < 4.78 is 5.58. The fourth-order valence-electron chi connectivity index (χ4n) is 2.03. The van der Waals surface area contributed by atoms with E-state index in [2.05, 4.69) is 0 Å². The van der Waals surface area contributed by atoms with Gasteiger partial charge in [-0.3, -0.25) is 19.4 Å². The molecule has 21 heavy (non-hydrogen) atoms. The maximum atomic E-state index is 11.6. The quantitative estimate of drug-likeness (QED) is 0.463. The van der Waals surface area contributed by atoms with Gasteiger partial charge in [0.1, 0.15) is 5.75 Å². The number of urea groups is 1. The number of imide groups is 2. The van der Waals surface area contributed by atoms with E-state index in [-0.39, 0.29) is 6.54 Å². The van der Waals surface area contributed by atoms with Crippen LogP contribution >= 0.6 is 0 Å². The molecule has 1 saturated heterocycles. The van der Waals surface area contributed by atoms with Crippen LogP contribution in [-0.4, -0.2) is 47.8 Å². The van der Waals surface area contributed by atoms with Crippen LogP contribution in [0, 0.1) is 0 Å². The zero-order valence-electron chi connectivity index (χ0n) is 11.7. The number of para-hydroxylation sites is 1. The van der Waals surface area contributed by atoms with E-state index in [0.717, 1.165) is 15.4 Å². The number of carbonyl (C=O) groups is 3. The molecule has 0 bridgehead atoms. The van der Waals surface area contributed by atoms with Gasteiger partial charge in [0.2, 0.25) is 0 Å². The number of hydrogen-bond acceptors (Lipinski definition) is 5. The summed E-state index contributed by atoms with van der Waals surface area (Å²) in [6, 6.07) is 6.81. The molecule has 0 radical (unpaired) electrons. The van der Waals surface area contributed by atoms with Crippen molar-refractivity contribution in [1.29, 1.82) is 0 Å². The topological polar surface area (TPSA) is 92.9 Å². The van der Waals surface area contributed by atoms with E-state index in [1.807, 2.05) is 24.3 Å². The van der Waals surface area contributed by atoms with Crippen LogP contribution in [0.4, 0.5) is 4.79 Å². The van der Waals surface area contributed by atoms with Gasteiger partial charge in [-0.15, -0.1) is 0 Å². The van der Waals surface area contributed by atoms with E-state index in [4.69, 9.17) is 10.5 Å². The maximum Gasteiger partial charge on any atom is 0.333 e. The number of hydrogen-bond donors (Lipinski definition) is 1. The van der Waals surface area contributed by atoms with E-state index in [9.17, 15) is 14.4 Å². The minimum Gasteiger partial charge on any atom is -0.493 e. The monoisotopic (exact) mass is 291 g/mol. The molecular formula is C14H17N3O4. The molecular weight excluding hydrogens is 274 g/mol. The minimum atomic E-state index is -0.797. The lowest BCUT2D eigenvalue weighted by molar-refractivity contribution is -0.142. The van der Waals surface area contributed by atoms with Gasteiger partial charge in [-0.05, 0) is 12.5 Å². The number of likely N-dealkylation sites (N-methyl/N-ethyl adjacent to an activating group) is 1.